The Bertz CT molecular complexity index is 656. The Labute approximate surface area is 125 Å². The van der Waals surface area contributed by atoms with Gasteiger partial charge in [-0.05, 0) is 48.4 Å². The molecule has 0 fully saturated rings. The number of rotatable bonds is 5. The first-order valence-corrected chi connectivity index (χ1v) is 8.08. The molecule has 0 spiro atoms. The Hall–Kier alpha value is -2.01. The monoisotopic (exact) mass is 305 g/mol. The van der Waals surface area contributed by atoms with Crippen LogP contribution < -0.4 is 5.32 Å². The van der Waals surface area contributed by atoms with E-state index < -0.39 is 10.8 Å². The minimum Gasteiger partial charge on any atom is -0.352 e. The summed E-state index contributed by atoms with van der Waals surface area (Å²) in [7, 11) is -1.05. The van der Waals surface area contributed by atoms with Gasteiger partial charge in [-0.3, -0.25) is 9.00 Å². The molecule has 0 aliphatic carbocycles. The molecule has 5 heteroatoms. The van der Waals surface area contributed by atoms with Crippen molar-refractivity contribution in [2.75, 3.05) is 12.8 Å². The Balaban J connectivity index is 1.88. The van der Waals surface area contributed by atoms with Crippen LogP contribution in [-0.4, -0.2) is 22.9 Å². The Morgan fingerprint density at radius 3 is 2.52 bits per heavy atom. The van der Waals surface area contributed by atoms with Gasteiger partial charge in [-0.15, -0.1) is 0 Å². The second-order valence-electron chi connectivity index (χ2n) is 4.61. The second kappa shape index (κ2) is 7.13. The van der Waals surface area contributed by atoms with Gasteiger partial charge in [0, 0.05) is 34.1 Å². The maximum atomic E-state index is 13.0. The molecule has 0 aliphatic rings. The van der Waals surface area contributed by atoms with Gasteiger partial charge in [0.05, 0.1) is 0 Å². The van der Waals surface area contributed by atoms with Gasteiger partial charge < -0.3 is 5.32 Å². The molecule has 110 valence electrons. The summed E-state index contributed by atoms with van der Waals surface area (Å²) in [6.45, 7) is 0.434. The van der Waals surface area contributed by atoms with E-state index in [1.807, 2.05) is 6.07 Å². The molecule has 1 atom stereocenters. The lowest BCUT2D eigenvalue weighted by Crippen LogP contribution is -2.25. The highest BCUT2D eigenvalue weighted by Crippen LogP contribution is 2.08. The molecule has 0 saturated carbocycles. The molecule has 1 amide bonds. The third kappa shape index (κ3) is 4.49. The lowest BCUT2D eigenvalue weighted by molar-refractivity contribution is 0.0954. The zero-order valence-corrected chi connectivity index (χ0v) is 12.5. The number of hydrogen-bond donors (Lipinski definition) is 1. The van der Waals surface area contributed by atoms with E-state index in [0.717, 1.165) is 5.56 Å². The van der Waals surface area contributed by atoms with E-state index in [4.69, 9.17) is 0 Å². The van der Waals surface area contributed by atoms with Crippen molar-refractivity contribution >= 4 is 16.7 Å². The molecule has 0 radical (unpaired) electrons. The van der Waals surface area contributed by atoms with Crippen LogP contribution in [0.15, 0.2) is 53.4 Å². The molecule has 0 unspecified atom stereocenters. The van der Waals surface area contributed by atoms with E-state index in [1.54, 1.807) is 36.6 Å². The van der Waals surface area contributed by atoms with E-state index in [1.165, 1.54) is 12.1 Å². The van der Waals surface area contributed by atoms with Crippen LogP contribution in [0, 0.1) is 5.82 Å². The molecule has 2 aromatic carbocycles. The largest absolute Gasteiger partial charge is 0.352 e. The molecule has 0 saturated heterocycles. The maximum Gasteiger partial charge on any atom is 0.251 e. The molecule has 2 rings (SSSR count). The smallest absolute Gasteiger partial charge is 0.251 e. The summed E-state index contributed by atoms with van der Waals surface area (Å²) in [5.74, 6) is -0.471. The van der Waals surface area contributed by atoms with Crippen LogP contribution >= 0.6 is 0 Å². The van der Waals surface area contributed by atoms with Crippen molar-refractivity contribution in [3.8, 4) is 0 Å². The number of benzene rings is 2. The minimum absolute atomic E-state index is 0.195. The summed E-state index contributed by atoms with van der Waals surface area (Å²) in [4.78, 5) is 12.6. The van der Waals surface area contributed by atoms with Crippen LogP contribution in [0.1, 0.15) is 15.9 Å². The first kappa shape index (κ1) is 15.4. The maximum absolute atomic E-state index is 13.0. The van der Waals surface area contributed by atoms with Gasteiger partial charge >= 0.3 is 0 Å². The van der Waals surface area contributed by atoms with Crippen molar-refractivity contribution in [1.82, 2.24) is 5.32 Å². The van der Waals surface area contributed by atoms with E-state index >= 15 is 0 Å². The second-order valence-corrected chi connectivity index (χ2v) is 5.99. The van der Waals surface area contributed by atoms with Gasteiger partial charge in [-0.2, -0.15) is 0 Å². The van der Waals surface area contributed by atoms with Crippen molar-refractivity contribution in [2.24, 2.45) is 0 Å². The van der Waals surface area contributed by atoms with Crippen molar-refractivity contribution in [3.63, 3.8) is 0 Å². The first-order chi connectivity index (χ1) is 10.1. The average molecular weight is 305 g/mol. The summed E-state index contributed by atoms with van der Waals surface area (Å²) in [6.07, 6.45) is 2.16. The van der Waals surface area contributed by atoms with Crippen LogP contribution in [0.2, 0.25) is 0 Å². The van der Waals surface area contributed by atoms with E-state index in [2.05, 4.69) is 5.32 Å². The first-order valence-electron chi connectivity index (χ1n) is 6.52. The zero-order chi connectivity index (χ0) is 15.2. The zero-order valence-electron chi connectivity index (χ0n) is 11.6. The molecule has 0 aliphatic heterocycles. The third-order valence-corrected chi connectivity index (χ3v) is 3.97. The molecule has 0 bridgehead atoms. The van der Waals surface area contributed by atoms with Gasteiger partial charge in [-0.25, -0.2) is 4.39 Å². The SMILES string of the molecule is C[S@](=O)c1ccc(C(=O)NCCc2cccc(F)c2)cc1. The Morgan fingerprint density at radius 1 is 1.19 bits per heavy atom. The van der Waals surface area contributed by atoms with E-state index in [0.29, 0.717) is 23.4 Å². The summed E-state index contributed by atoms with van der Waals surface area (Å²) in [5, 5.41) is 2.78. The molecular weight excluding hydrogens is 289 g/mol. The molecule has 3 nitrogen and oxygen atoms in total. The lowest BCUT2D eigenvalue weighted by atomic mass is 10.1. The number of hydrogen-bond acceptors (Lipinski definition) is 2. The van der Waals surface area contributed by atoms with Crippen LogP contribution in [0.4, 0.5) is 4.39 Å². The number of amides is 1. The molecule has 0 aromatic heterocycles. The summed E-state index contributed by atoms with van der Waals surface area (Å²) in [6, 6.07) is 13.0. The molecule has 21 heavy (non-hydrogen) atoms. The van der Waals surface area contributed by atoms with Crippen LogP contribution in [0.5, 0.6) is 0 Å². The third-order valence-electron chi connectivity index (χ3n) is 3.04. The van der Waals surface area contributed by atoms with E-state index in [-0.39, 0.29) is 11.7 Å². The lowest BCUT2D eigenvalue weighted by Gasteiger charge is -2.06. The predicted molar refractivity (Wildman–Crippen MR) is 81.2 cm³/mol. The van der Waals surface area contributed by atoms with Crippen molar-refractivity contribution in [1.29, 1.82) is 0 Å². The fraction of sp³-hybridized carbons (Fsp3) is 0.188. The van der Waals surface area contributed by atoms with Gasteiger partial charge in [0.25, 0.3) is 5.91 Å². The van der Waals surface area contributed by atoms with Crippen molar-refractivity contribution in [3.05, 3.63) is 65.5 Å². The molecular formula is C16H16FNO2S. The van der Waals surface area contributed by atoms with Gasteiger partial charge in [0.1, 0.15) is 5.82 Å². The van der Waals surface area contributed by atoms with Gasteiger partial charge in [0.15, 0.2) is 0 Å². The fourth-order valence-electron chi connectivity index (χ4n) is 1.91. The Kier molecular flexibility index (Phi) is 5.22. The van der Waals surface area contributed by atoms with Gasteiger partial charge in [-0.1, -0.05) is 12.1 Å². The molecule has 1 N–H and O–H groups in total. The number of nitrogens with one attached hydrogen (secondary N) is 1. The Morgan fingerprint density at radius 2 is 1.90 bits per heavy atom. The summed E-state index contributed by atoms with van der Waals surface area (Å²) < 4.78 is 24.3. The highest BCUT2D eigenvalue weighted by molar-refractivity contribution is 7.84. The fourth-order valence-corrected chi connectivity index (χ4v) is 2.43. The molecule has 2 aromatic rings. The van der Waals surface area contributed by atoms with Crippen LogP contribution in [0.25, 0.3) is 0 Å². The average Bonchev–Trinajstić information content (AvgIpc) is 2.47. The summed E-state index contributed by atoms with van der Waals surface area (Å²) >= 11 is 0. The van der Waals surface area contributed by atoms with Gasteiger partial charge in [0.2, 0.25) is 0 Å². The number of carbonyl (C=O) groups excluding carboxylic acids is 1. The molecule has 0 heterocycles. The number of halogens is 1. The topological polar surface area (TPSA) is 46.2 Å². The van der Waals surface area contributed by atoms with Crippen LogP contribution in [0.3, 0.4) is 0 Å². The standard InChI is InChI=1S/C16H16FNO2S/c1-21(20)15-7-5-13(6-8-15)16(19)18-10-9-12-3-2-4-14(17)11-12/h2-8,11H,9-10H2,1H3,(H,18,19)/t21-/m0/s1. The predicted octanol–water partition coefficient (Wildman–Crippen LogP) is 2.54. The highest BCUT2D eigenvalue weighted by Gasteiger charge is 2.06. The minimum atomic E-state index is -1.05. The summed E-state index contributed by atoms with van der Waals surface area (Å²) in [5.41, 5.74) is 1.36. The normalized spacial score (nSPS) is 11.9. The van der Waals surface area contributed by atoms with Crippen molar-refractivity contribution in [2.45, 2.75) is 11.3 Å². The number of carbonyl (C=O) groups is 1. The van der Waals surface area contributed by atoms with Crippen molar-refractivity contribution < 1.29 is 13.4 Å². The van der Waals surface area contributed by atoms with Crippen LogP contribution in [-0.2, 0) is 17.2 Å². The quantitative estimate of drug-likeness (QED) is 0.922. The highest BCUT2D eigenvalue weighted by atomic mass is 32.2. The van der Waals surface area contributed by atoms with E-state index in [9.17, 15) is 13.4 Å².